The second-order valence-electron chi connectivity index (χ2n) is 5.04. The van der Waals surface area contributed by atoms with Crippen molar-refractivity contribution in [3.8, 4) is 6.07 Å². The van der Waals surface area contributed by atoms with Gasteiger partial charge in [-0.25, -0.2) is 0 Å². The van der Waals surface area contributed by atoms with Crippen LogP contribution in [-0.2, 0) is 0 Å². The van der Waals surface area contributed by atoms with Crippen molar-refractivity contribution >= 4 is 17.3 Å². The maximum absolute atomic E-state index is 12.6. The van der Waals surface area contributed by atoms with Crippen LogP contribution in [0.4, 0.5) is 18.9 Å². The van der Waals surface area contributed by atoms with Gasteiger partial charge >= 0.3 is 6.18 Å². The Morgan fingerprint density at radius 1 is 1.20 bits per heavy atom. The molecule has 0 saturated heterocycles. The van der Waals surface area contributed by atoms with Gasteiger partial charge in [-0.2, -0.15) is 18.4 Å². The van der Waals surface area contributed by atoms with Crippen LogP contribution in [0.2, 0.25) is 5.02 Å². The van der Waals surface area contributed by atoms with Crippen LogP contribution in [0.15, 0.2) is 18.2 Å². The highest BCUT2D eigenvalue weighted by Crippen LogP contribution is 2.38. The maximum atomic E-state index is 12.6. The first-order valence-corrected chi connectivity index (χ1v) is 6.81. The number of anilines is 1. The lowest BCUT2D eigenvalue weighted by molar-refractivity contribution is -0.182. The summed E-state index contributed by atoms with van der Waals surface area (Å²) in [7, 11) is 0. The standard InChI is InChI=1S/C14H14ClF3N2/c15-11-4-1-9(8-19)13(7-11)20-12-5-2-10(3-6-12)14(16,17)18/h1,4,7,10,12,20H,2-3,5-6H2. The molecule has 2 nitrogen and oxygen atoms in total. The smallest absolute Gasteiger partial charge is 0.381 e. The van der Waals surface area contributed by atoms with E-state index in [0.717, 1.165) is 0 Å². The summed E-state index contributed by atoms with van der Waals surface area (Å²) in [6.07, 6.45) is -2.95. The zero-order valence-corrected chi connectivity index (χ0v) is 11.4. The average molecular weight is 303 g/mol. The molecule has 1 saturated carbocycles. The Balaban J connectivity index is 2.00. The van der Waals surface area contributed by atoms with Gasteiger partial charge in [0, 0.05) is 11.1 Å². The van der Waals surface area contributed by atoms with Crippen LogP contribution in [0.1, 0.15) is 31.2 Å². The molecular weight excluding hydrogens is 289 g/mol. The second-order valence-corrected chi connectivity index (χ2v) is 5.47. The molecule has 1 aromatic carbocycles. The van der Waals surface area contributed by atoms with Crippen molar-refractivity contribution in [2.24, 2.45) is 5.92 Å². The van der Waals surface area contributed by atoms with Gasteiger partial charge in [-0.1, -0.05) is 11.6 Å². The lowest BCUT2D eigenvalue weighted by Gasteiger charge is -2.31. The van der Waals surface area contributed by atoms with Gasteiger partial charge in [0.25, 0.3) is 0 Å². The summed E-state index contributed by atoms with van der Waals surface area (Å²) >= 11 is 5.88. The molecule has 1 N–H and O–H groups in total. The van der Waals surface area contributed by atoms with Crippen molar-refractivity contribution in [3.63, 3.8) is 0 Å². The van der Waals surface area contributed by atoms with Crippen molar-refractivity contribution in [3.05, 3.63) is 28.8 Å². The van der Waals surface area contributed by atoms with Crippen molar-refractivity contribution in [1.82, 2.24) is 0 Å². The average Bonchev–Trinajstić information content (AvgIpc) is 2.38. The zero-order valence-electron chi connectivity index (χ0n) is 10.7. The van der Waals surface area contributed by atoms with Crippen LogP contribution < -0.4 is 5.32 Å². The number of benzene rings is 1. The van der Waals surface area contributed by atoms with E-state index in [2.05, 4.69) is 5.32 Å². The normalized spacial score (nSPS) is 23.1. The topological polar surface area (TPSA) is 35.8 Å². The summed E-state index contributed by atoms with van der Waals surface area (Å²) < 4.78 is 37.8. The van der Waals surface area contributed by atoms with E-state index in [1.165, 1.54) is 0 Å². The van der Waals surface area contributed by atoms with Gasteiger partial charge in [-0.05, 0) is 43.9 Å². The summed E-state index contributed by atoms with van der Waals surface area (Å²) in [6.45, 7) is 0. The molecule has 108 valence electrons. The highest BCUT2D eigenvalue weighted by atomic mass is 35.5. The van der Waals surface area contributed by atoms with E-state index in [0.29, 0.717) is 29.1 Å². The summed E-state index contributed by atoms with van der Waals surface area (Å²) in [5, 5.41) is 12.6. The van der Waals surface area contributed by atoms with Crippen LogP contribution in [0.3, 0.4) is 0 Å². The van der Waals surface area contributed by atoms with Gasteiger partial charge in [-0.15, -0.1) is 0 Å². The SMILES string of the molecule is N#Cc1ccc(Cl)cc1NC1CCC(C(F)(F)F)CC1. The zero-order chi connectivity index (χ0) is 14.8. The molecule has 1 aliphatic rings. The molecule has 1 aromatic rings. The molecule has 0 amide bonds. The first-order valence-electron chi connectivity index (χ1n) is 6.43. The molecule has 1 fully saturated rings. The fourth-order valence-electron chi connectivity index (χ4n) is 2.52. The molecule has 20 heavy (non-hydrogen) atoms. The van der Waals surface area contributed by atoms with Gasteiger partial charge in [-0.3, -0.25) is 0 Å². The van der Waals surface area contributed by atoms with Crippen molar-refractivity contribution in [2.75, 3.05) is 5.32 Å². The number of hydrogen-bond donors (Lipinski definition) is 1. The van der Waals surface area contributed by atoms with Crippen molar-refractivity contribution < 1.29 is 13.2 Å². The molecule has 0 unspecified atom stereocenters. The monoisotopic (exact) mass is 302 g/mol. The molecule has 0 radical (unpaired) electrons. The number of alkyl halides is 3. The summed E-state index contributed by atoms with van der Waals surface area (Å²) in [5.74, 6) is -1.20. The Hall–Kier alpha value is -1.41. The highest BCUT2D eigenvalue weighted by molar-refractivity contribution is 6.30. The lowest BCUT2D eigenvalue weighted by Crippen LogP contribution is -2.32. The Morgan fingerprint density at radius 2 is 1.85 bits per heavy atom. The first-order chi connectivity index (χ1) is 9.40. The third-order valence-electron chi connectivity index (χ3n) is 3.65. The minimum Gasteiger partial charge on any atom is -0.381 e. The van der Waals surface area contributed by atoms with Gasteiger partial charge in [0.05, 0.1) is 17.2 Å². The first kappa shape index (κ1) is 15.0. The largest absolute Gasteiger partial charge is 0.391 e. The van der Waals surface area contributed by atoms with Crippen LogP contribution in [0, 0.1) is 17.2 Å². The number of halogens is 4. The quantitative estimate of drug-likeness (QED) is 0.856. The van der Waals surface area contributed by atoms with Gasteiger partial charge in [0.15, 0.2) is 0 Å². The van der Waals surface area contributed by atoms with Crippen LogP contribution in [-0.4, -0.2) is 12.2 Å². The minimum atomic E-state index is -4.10. The van der Waals surface area contributed by atoms with E-state index >= 15 is 0 Å². The van der Waals surface area contributed by atoms with E-state index < -0.39 is 12.1 Å². The number of nitrogens with one attached hydrogen (secondary N) is 1. The third kappa shape index (κ3) is 3.57. The van der Waals surface area contributed by atoms with Crippen LogP contribution in [0.5, 0.6) is 0 Å². The predicted octanol–water partition coefficient (Wildman–Crippen LogP) is 4.74. The molecular formula is C14H14ClF3N2. The van der Waals surface area contributed by atoms with E-state index in [4.69, 9.17) is 16.9 Å². The van der Waals surface area contributed by atoms with E-state index in [9.17, 15) is 13.2 Å². The van der Waals surface area contributed by atoms with Gasteiger partial charge < -0.3 is 5.32 Å². The maximum Gasteiger partial charge on any atom is 0.391 e. The molecule has 0 spiro atoms. The molecule has 0 atom stereocenters. The van der Waals surface area contributed by atoms with Crippen molar-refractivity contribution in [2.45, 2.75) is 37.9 Å². The molecule has 0 aliphatic heterocycles. The number of nitriles is 1. The van der Waals surface area contributed by atoms with E-state index in [1.54, 1.807) is 18.2 Å². The van der Waals surface area contributed by atoms with Gasteiger partial charge in [0.2, 0.25) is 0 Å². The molecule has 0 heterocycles. The van der Waals surface area contributed by atoms with E-state index in [-0.39, 0.29) is 18.9 Å². The summed E-state index contributed by atoms with van der Waals surface area (Å²) in [5.41, 5.74) is 1.04. The number of nitrogens with zero attached hydrogens (tertiary/aromatic N) is 1. The molecule has 1 aliphatic carbocycles. The minimum absolute atomic E-state index is 0.0424. The lowest BCUT2D eigenvalue weighted by atomic mass is 9.85. The molecule has 2 rings (SSSR count). The summed E-state index contributed by atoms with van der Waals surface area (Å²) in [6, 6.07) is 6.86. The summed E-state index contributed by atoms with van der Waals surface area (Å²) in [4.78, 5) is 0. The fraction of sp³-hybridized carbons (Fsp3) is 0.500. The Morgan fingerprint density at radius 3 is 2.40 bits per heavy atom. The molecule has 6 heteroatoms. The highest BCUT2D eigenvalue weighted by Gasteiger charge is 2.41. The van der Waals surface area contributed by atoms with Gasteiger partial charge in [0.1, 0.15) is 6.07 Å². The van der Waals surface area contributed by atoms with E-state index in [1.807, 2.05) is 6.07 Å². The molecule has 0 aromatic heterocycles. The Labute approximate surface area is 120 Å². The number of hydrogen-bond acceptors (Lipinski definition) is 2. The van der Waals surface area contributed by atoms with Crippen LogP contribution >= 0.6 is 11.6 Å². The Bertz CT molecular complexity index is 514. The van der Waals surface area contributed by atoms with Crippen LogP contribution in [0.25, 0.3) is 0 Å². The number of rotatable bonds is 2. The third-order valence-corrected chi connectivity index (χ3v) is 3.89. The predicted molar refractivity (Wildman–Crippen MR) is 71.6 cm³/mol. The Kier molecular flexibility index (Phi) is 4.44. The fourth-order valence-corrected chi connectivity index (χ4v) is 2.69. The van der Waals surface area contributed by atoms with Crippen molar-refractivity contribution in [1.29, 1.82) is 5.26 Å². The second kappa shape index (κ2) is 5.92. The molecule has 0 bridgehead atoms.